The topological polar surface area (TPSA) is 49.4 Å². The number of nitrogens with zero attached hydrogens (tertiary/aromatic N) is 1. The van der Waals surface area contributed by atoms with E-state index in [1.54, 1.807) is 0 Å². The Balaban J connectivity index is 1.80. The van der Waals surface area contributed by atoms with E-state index in [-0.39, 0.29) is 17.4 Å². The Hall–Kier alpha value is -1.16. The van der Waals surface area contributed by atoms with E-state index in [1.807, 2.05) is 0 Å². The molecular formula is C20H36N2O2. The van der Waals surface area contributed by atoms with E-state index in [9.17, 15) is 9.59 Å². The number of carbonyl (C=O) groups is 2. The third kappa shape index (κ3) is 9.86. The molecule has 1 aliphatic rings. The van der Waals surface area contributed by atoms with Gasteiger partial charge in [-0.3, -0.25) is 14.5 Å². The van der Waals surface area contributed by atoms with Crippen molar-refractivity contribution in [2.24, 2.45) is 0 Å². The monoisotopic (exact) mass is 336 g/mol. The van der Waals surface area contributed by atoms with Crippen molar-refractivity contribution < 1.29 is 9.59 Å². The molecule has 0 aromatic carbocycles. The van der Waals surface area contributed by atoms with E-state index in [1.165, 1.54) is 68.4 Å². The zero-order valence-corrected chi connectivity index (χ0v) is 15.9. The highest BCUT2D eigenvalue weighted by Crippen LogP contribution is 2.12. The van der Waals surface area contributed by atoms with Crippen LogP contribution < -0.4 is 5.32 Å². The summed E-state index contributed by atoms with van der Waals surface area (Å²) in [6, 6.07) is 0. The number of amides is 2. The number of imide groups is 1. The third-order valence-corrected chi connectivity index (χ3v) is 4.36. The molecule has 0 saturated carbocycles. The Labute approximate surface area is 148 Å². The first-order valence-electron chi connectivity index (χ1n) is 9.69. The van der Waals surface area contributed by atoms with Crippen molar-refractivity contribution >= 4 is 11.8 Å². The molecule has 0 aromatic rings. The second-order valence-electron chi connectivity index (χ2n) is 7.87. The third-order valence-electron chi connectivity index (χ3n) is 4.36. The van der Waals surface area contributed by atoms with E-state index >= 15 is 0 Å². The molecule has 138 valence electrons. The Morgan fingerprint density at radius 2 is 1.17 bits per heavy atom. The Kier molecular flexibility index (Phi) is 9.92. The molecule has 0 saturated heterocycles. The minimum absolute atomic E-state index is 0.155. The molecule has 0 fully saturated rings. The number of carbonyl (C=O) groups excluding carboxylic acids is 2. The van der Waals surface area contributed by atoms with Crippen LogP contribution in [0, 0.1) is 0 Å². The van der Waals surface area contributed by atoms with Crippen LogP contribution in [0.2, 0.25) is 0 Å². The molecule has 0 radical (unpaired) electrons. The number of hydrogen-bond donors (Lipinski definition) is 1. The predicted molar refractivity (Wildman–Crippen MR) is 99.8 cm³/mol. The molecule has 24 heavy (non-hydrogen) atoms. The maximum atomic E-state index is 11.4. The summed E-state index contributed by atoms with van der Waals surface area (Å²) in [5, 5.41) is 3.53. The minimum atomic E-state index is -0.155. The zero-order chi connectivity index (χ0) is 17.8. The Morgan fingerprint density at radius 3 is 1.62 bits per heavy atom. The van der Waals surface area contributed by atoms with Gasteiger partial charge in [-0.25, -0.2) is 0 Å². The number of unbranched alkanes of at least 4 members (excludes halogenated alkanes) is 9. The summed E-state index contributed by atoms with van der Waals surface area (Å²) < 4.78 is 0. The first-order valence-corrected chi connectivity index (χ1v) is 9.69. The van der Waals surface area contributed by atoms with Crippen LogP contribution in [0.15, 0.2) is 12.2 Å². The highest BCUT2D eigenvalue weighted by Gasteiger charge is 2.21. The molecule has 1 N–H and O–H groups in total. The molecule has 0 spiro atoms. The average Bonchev–Trinajstić information content (AvgIpc) is 2.82. The van der Waals surface area contributed by atoms with Crippen LogP contribution in [0.3, 0.4) is 0 Å². The van der Waals surface area contributed by atoms with Gasteiger partial charge in [0.2, 0.25) is 0 Å². The van der Waals surface area contributed by atoms with Gasteiger partial charge in [0.25, 0.3) is 11.8 Å². The molecule has 1 aliphatic heterocycles. The average molecular weight is 337 g/mol. The minimum Gasteiger partial charge on any atom is -0.312 e. The van der Waals surface area contributed by atoms with Crippen molar-refractivity contribution in [3.63, 3.8) is 0 Å². The maximum Gasteiger partial charge on any atom is 0.253 e. The van der Waals surface area contributed by atoms with Crippen molar-refractivity contribution in [3.8, 4) is 0 Å². The molecule has 1 rings (SSSR count). The molecule has 1 heterocycles. The first-order chi connectivity index (χ1) is 11.4. The van der Waals surface area contributed by atoms with Crippen molar-refractivity contribution in [1.29, 1.82) is 0 Å². The number of nitrogens with one attached hydrogen (secondary N) is 1. The normalized spacial score (nSPS) is 14.9. The largest absolute Gasteiger partial charge is 0.312 e. The van der Waals surface area contributed by atoms with Gasteiger partial charge in [0.05, 0.1) is 0 Å². The van der Waals surface area contributed by atoms with Gasteiger partial charge in [-0.15, -0.1) is 0 Å². The molecule has 4 nitrogen and oxygen atoms in total. The molecule has 2 amide bonds. The van der Waals surface area contributed by atoms with E-state index in [0.717, 1.165) is 19.4 Å². The van der Waals surface area contributed by atoms with Crippen molar-refractivity contribution in [3.05, 3.63) is 12.2 Å². The summed E-state index contributed by atoms with van der Waals surface area (Å²) in [7, 11) is 0. The fourth-order valence-electron chi connectivity index (χ4n) is 2.92. The quantitative estimate of drug-likeness (QED) is 0.405. The fraction of sp³-hybridized carbons (Fsp3) is 0.800. The molecule has 0 bridgehead atoms. The lowest BCUT2D eigenvalue weighted by atomic mass is 10.1. The highest BCUT2D eigenvalue weighted by molar-refractivity contribution is 6.12. The van der Waals surface area contributed by atoms with Gasteiger partial charge in [-0.1, -0.05) is 51.4 Å². The first kappa shape index (κ1) is 20.9. The van der Waals surface area contributed by atoms with Gasteiger partial charge in [0.1, 0.15) is 0 Å². The molecule has 0 aromatic heterocycles. The lowest BCUT2D eigenvalue weighted by molar-refractivity contribution is -0.136. The Morgan fingerprint density at radius 1 is 0.750 bits per heavy atom. The summed E-state index contributed by atoms with van der Waals surface area (Å²) in [6.45, 7) is 8.34. The summed E-state index contributed by atoms with van der Waals surface area (Å²) in [5.41, 5.74) is 0.242. The molecule has 0 atom stereocenters. The molecular weight excluding hydrogens is 300 g/mol. The standard InChI is InChI=1S/C20H36N2O2/c1-20(2,3)21-16-12-10-8-6-4-5-7-9-11-13-17-22-18(23)14-15-19(22)24/h14-15,21H,4-13,16-17H2,1-3H3. The van der Waals surface area contributed by atoms with Crippen LogP contribution in [0.5, 0.6) is 0 Å². The Bertz CT molecular complexity index is 392. The highest BCUT2D eigenvalue weighted by atomic mass is 16.2. The summed E-state index contributed by atoms with van der Waals surface area (Å²) in [4.78, 5) is 24.1. The number of rotatable bonds is 13. The van der Waals surface area contributed by atoms with Crippen LogP contribution in [0.1, 0.15) is 85.0 Å². The van der Waals surface area contributed by atoms with Crippen LogP contribution in [0.25, 0.3) is 0 Å². The van der Waals surface area contributed by atoms with Crippen LogP contribution >= 0.6 is 0 Å². The summed E-state index contributed by atoms with van der Waals surface area (Å²) in [5.74, 6) is -0.310. The van der Waals surface area contributed by atoms with Gasteiger partial charge in [-0.05, 0) is 40.2 Å². The van der Waals surface area contributed by atoms with Crippen molar-refractivity contribution in [2.45, 2.75) is 90.5 Å². The summed E-state index contributed by atoms with van der Waals surface area (Å²) in [6.07, 6.45) is 15.2. The van der Waals surface area contributed by atoms with E-state index in [0.29, 0.717) is 6.54 Å². The van der Waals surface area contributed by atoms with Crippen LogP contribution in [-0.4, -0.2) is 35.3 Å². The van der Waals surface area contributed by atoms with Crippen LogP contribution in [-0.2, 0) is 9.59 Å². The van der Waals surface area contributed by atoms with E-state index < -0.39 is 0 Å². The zero-order valence-electron chi connectivity index (χ0n) is 15.9. The van der Waals surface area contributed by atoms with Gasteiger partial charge in [0.15, 0.2) is 0 Å². The SMILES string of the molecule is CC(C)(C)NCCCCCCCCCCCCN1C(=O)C=CC1=O. The van der Waals surface area contributed by atoms with E-state index in [2.05, 4.69) is 26.1 Å². The van der Waals surface area contributed by atoms with Crippen molar-refractivity contribution in [1.82, 2.24) is 10.2 Å². The van der Waals surface area contributed by atoms with Crippen molar-refractivity contribution in [2.75, 3.05) is 13.1 Å². The van der Waals surface area contributed by atoms with E-state index in [4.69, 9.17) is 0 Å². The van der Waals surface area contributed by atoms with Gasteiger partial charge >= 0.3 is 0 Å². The maximum absolute atomic E-state index is 11.4. The van der Waals surface area contributed by atoms with Gasteiger partial charge in [-0.2, -0.15) is 0 Å². The molecule has 4 heteroatoms. The molecule has 0 aliphatic carbocycles. The lowest BCUT2D eigenvalue weighted by Gasteiger charge is -2.20. The molecule has 0 unspecified atom stereocenters. The smallest absolute Gasteiger partial charge is 0.253 e. The second kappa shape index (κ2) is 11.4. The van der Waals surface area contributed by atoms with Gasteiger partial charge < -0.3 is 5.32 Å². The summed E-state index contributed by atoms with van der Waals surface area (Å²) >= 11 is 0. The van der Waals surface area contributed by atoms with Crippen LogP contribution in [0.4, 0.5) is 0 Å². The second-order valence-corrected chi connectivity index (χ2v) is 7.87. The van der Waals surface area contributed by atoms with Gasteiger partial charge in [0, 0.05) is 24.2 Å². The predicted octanol–water partition coefficient (Wildman–Crippen LogP) is 4.20. The number of hydrogen-bond acceptors (Lipinski definition) is 3. The lowest BCUT2D eigenvalue weighted by Crippen LogP contribution is -2.36. The fourth-order valence-corrected chi connectivity index (χ4v) is 2.92.